The molecule has 104 valence electrons. The summed E-state index contributed by atoms with van der Waals surface area (Å²) in [7, 11) is 0. The predicted octanol–water partition coefficient (Wildman–Crippen LogP) is 1.23. The third-order valence-electron chi connectivity index (χ3n) is 3.80. The van der Waals surface area contributed by atoms with Gasteiger partial charge in [0, 0.05) is 38.1 Å². The monoisotopic (exact) mass is 263 g/mol. The van der Waals surface area contributed by atoms with E-state index in [4.69, 9.17) is 0 Å². The second-order valence-electron chi connectivity index (χ2n) is 5.00. The van der Waals surface area contributed by atoms with Gasteiger partial charge in [-0.15, -0.1) is 0 Å². The van der Waals surface area contributed by atoms with E-state index in [9.17, 15) is 9.90 Å². The number of carboxylic acids is 1. The molecule has 19 heavy (non-hydrogen) atoms. The fourth-order valence-electron chi connectivity index (χ4n) is 2.74. The minimum absolute atomic E-state index is 0.239. The fraction of sp³-hybridized carbons (Fsp3) is 0.571. The van der Waals surface area contributed by atoms with Gasteiger partial charge in [-0.25, -0.2) is 0 Å². The van der Waals surface area contributed by atoms with Gasteiger partial charge in [0.2, 0.25) is 0 Å². The molecular weight excluding hydrogens is 242 g/mol. The van der Waals surface area contributed by atoms with E-state index in [1.165, 1.54) is 0 Å². The average Bonchev–Trinajstić information content (AvgIpc) is 2.41. The Balaban J connectivity index is 2.19. The van der Waals surface area contributed by atoms with Crippen LogP contribution in [0.2, 0.25) is 0 Å². The molecule has 1 N–H and O–H groups in total. The SMILES string of the molecule is CCN1CCN(C(C(=O)O)c2ccncc2)C(C)C1. The molecule has 1 aromatic heterocycles. The zero-order chi connectivity index (χ0) is 13.8. The first-order chi connectivity index (χ1) is 9.13. The summed E-state index contributed by atoms with van der Waals surface area (Å²) in [5.41, 5.74) is 0.805. The van der Waals surface area contributed by atoms with Gasteiger partial charge >= 0.3 is 5.97 Å². The van der Waals surface area contributed by atoms with Crippen molar-refractivity contribution < 1.29 is 9.90 Å². The highest BCUT2D eigenvalue weighted by atomic mass is 16.4. The molecule has 0 radical (unpaired) electrons. The lowest BCUT2D eigenvalue weighted by atomic mass is 10.0. The molecule has 0 amide bonds. The normalized spacial score (nSPS) is 23.2. The van der Waals surface area contributed by atoms with Crippen LogP contribution >= 0.6 is 0 Å². The molecule has 2 rings (SSSR count). The number of aromatic nitrogens is 1. The van der Waals surface area contributed by atoms with Gasteiger partial charge in [-0.05, 0) is 31.2 Å². The van der Waals surface area contributed by atoms with E-state index in [1.54, 1.807) is 24.5 Å². The molecule has 2 unspecified atom stereocenters. The van der Waals surface area contributed by atoms with E-state index in [1.807, 2.05) is 0 Å². The zero-order valence-corrected chi connectivity index (χ0v) is 11.5. The highest BCUT2D eigenvalue weighted by Crippen LogP contribution is 2.25. The molecule has 1 aliphatic rings. The van der Waals surface area contributed by atoms with Crippen LogP contribution in [0.4, 0.5) is 0 Å². The molecule has 1 fully saturated rings. The molecule has 1 aliphatic heterocycles. The van der Waals surface area contributed by atoms with Crippen molar-refractivity contribution in [1.82, 2.24) is 14.8 Å². The molecule has 0 saturated carbocycles. The van der Waals surface area contributed by atoms with Gasteiger partial charge in [-0.3, -0.25) is 14.7 Å². The van der Waals surface area contributed by atoms with Crippen LogP contribution in [0.5, 0.6) is 0 Å². The topological polar surface area (TPSA) is 56.7 Å². The van der Waals surface area contributed by atoms with Gasteiger partial charge in [-0.2, -0.15) is 0 Å². The van der Waals surface area contributed by atoms with Gasteiger partial charge in [0.1, 0.15) is 6.04 Å². The van der Waals surface area contributed by atoms with Crippen molar-refractivity contribution in [2.45, 2.75) is 25.9 Å². The van der Waals surface area contributed by atoms with Gasteiger partial charge < -0.3 is 10.0 Å². The molecule has 0 bridgehead atoms. The summed E-state index contributed by atoms with van der Waals surface area (Å²) in [6.07, 6.45) is 3.30. The molecule has 0 aromatic carbocycles. The number of hydrogen-bond donors (Lipinski definition) is 1. The lowest BCUT2D eigenvalue weighted by Crippen LogP contribution is -2.54. The number of hydrogen-bond acceptors (Lipinski definition) is 4. The number of carboxylic acid groups (broad SMARTS) is 1. The van der Waals surface area contributed by atoms with Crippen LogP contribution in [0.25, 0.3) is 0 Å². The minimum Gasteiger partial charge on any atom is -0.480 e. The van der Waals surface area contributed by atoms with E-state index in [-0.39, 0.29) is 6.04 Å². The molecule has 2 heterocycles. The Bertz CT molecular complexity index is 424. The van der Waals surface area contributed by atoms with Crippen LogP contribution < -0.4 is 0 Å². The largest absolute Gasteiger partial charge is 0.480 e. The molecule has 1 aromatic rings. The molecule has 2 atom stereocenters. The predicted molar refractivity (Wildman–Crippen MR) is 72.9 cm³/mol. The Kier molecular flexibility index (Phi) is 4.50. The first kappa shape index (κ1) is 14.0. The zero-order valence-electron chi connectivity index (χ0n) is 11.5. The maximum atomic E-state index is 11.6. The third-order valence-corrected chi connectivity index (χ3v) is 3.80. The molecule has 0 aliphatic carbocycles. The number of likely N-dealkylation sites (N-methyl/N-ethyl adjacent to an activating group) is 1. The summed E-state index contributed by atoms with van der Waals surface area (Å²) >= 11 is 0. The number of piperazine rings is 1. The van der Waals surface area contributed by atoms with Crippen molar-refractivity contribution in [1.29, 1.82) is 0 Å². The second-order valence-corrected chi connectivity index (χ2v) is 5.00. The van der Waals surface area contributed by atoms with Crippen molar-refractivity contribution in [2.75, 3.05) is 26.2 Å². The second kappa shape index (κ2) is 6.12. The summed E-state index contributed by atoms with van der Waals surface area (Å²) in [6, 6.07) is 3.25. The Morgan fingerprint density at radius 3 is 2.68 bits per heavy atom. The third kappa shape index (κ3) is 3.11. The van der Waals surface area contributed by atoms with E-state index < -0.39 is 12.0 Å². The Morgan fingerprint density at radius 1 is 1.47 bits per heavy atom. The first-order valence-corrected chi connectivity index (χ1v) is 6.74. The Labute approximate surface area is 113 Å². The number of aliphatic carboxylic acids is 1. The van der Waals surface area contributed by atoms with Crippen LogP contribution in [-0.2, 0) is 4.79 Å². The summed E-state index contributed by atoms with van der Waals surface area (Å²) < 4.78 is 0. The highest BCUT2D eigenvalue weighted by molar-refractivity contribution is 5.75. The van der Waals surface area contributed by atoms with E-state index in [2.05, 4.69) is 28.6 Å². The number of pyridine rings is 1. The van der Waals surface area contributed by atoms with Crippen LogP contribution in [0, 0.1) is 0 Å². The smallest absolute Gasteiger partial charge is 0.325 e. The number of carbonyl (C=O) groups is 1. The summed E-state index contributed by atoms with van der Waals surface area (Å²) in [4.78, 5) is 20.0. The van der Waals surface area contributed by atoms with E-state index in [0.717, 1.165) is 31.7 Å². The summed E-state index contributed by atoms with van der Waals surface area (Å²) in [5, 5.41) is 9.54. The van der Waals surface area contributed by atoms with Gasteiger partial charge in [0.05, 0.1) is 0 Å². The van der Waals surface area contributed by atoms with Crippen LogP contribution in [0.1, 0.15) is 25.5 Å². The average molecular weight is 263 g/mol. The van der Waals surface area contributed by atoms with Crippen LogP contribution in [-0.4, -0.2) is 58.1 Å². The quantitative estimate of drug-likeness (QED) is 0.885. The molecule has 1 saturated heterocycles. The van der Waals surface area contributed by atoms with Crippen molar-refractivity contribution >= 4 is 5.97 Å². The van der Waals surface area contributed by atoms with Gasteiger partial charge in [0.15, 0.2) is 0 Å². The summed E-state index contributed by atoms with van der Waals surface area (Å²) in [6.45, 7) is 7.89. The number of nitrogens with zero attached hydrogens (tertiary/aromatic N) is 3. The fourth-order valence-corrected chi connectivity index (χ4v) is 2.74. The lowest BCUT2D eigenvalue weighted by Gasteiger charge is -2.42. The first-order valence-electron chi connectivity index (χ1n) is 6.74. The van der Waals surface area contributed by atoms with Gasteiger partial charge in [0.25, 0.3) is 0 Å². The Hall–Kier alpha value is -1.46. The van der Waals surface area contributed by atoms with Gasteiger partial charge in [-0.1, -0.05) is 6.92 Å². The minimum atomic E-state index is -0.789. The standard InChI is InChI=1S/C14H21N3O2/c1-3-16-8-9-17(11(2)10-16)13(14(18)19)12-4-6-15-7-5-12/h4-7,11,13H,3,8-10H2,1-2H3,(H,18,19). The van der Waals surface area contributed by atoms with Crippen LogP contribution in [0.15, 0.2) is 24.5 Å². The molecule has 5 heteroatoms. The van der Waals surface area contributed by atoms with E-state index >= 15 is 0 Å². The lowest BCUT2D eigenvalue weighted by molar-refractivity contribution is -0.145. The molecular formula is C14H21N3O2. The number of rotatable bonds is 4. The van der Waals surface area contributed by atoms with Crippen LogP contribution in [0.3, 0.4) is 0 Å². The molecule has 0 spiro atoms. The van der Waals surface area contributed by atoms with Crippen molar-refractivity contribution in [2.24, 2.45) is 0 Å². The molecule has 5 nitrogen and oxygen atoms in total. The van der Waals surface area contributed by atoms with Crippen molar-refractivity contribution in [3.8, 4) is 0 Å². The maximum Gasteiger partial charge on any atom is 0.325 e. The Morgan fingerprint density at radius 2 is 2.16 bits per heavy atom. The van der Waals surface area contributed by atoms with Crippen molar-refractivity contribution in [3.05, 3.63) is 30.1 Å². The maximum absolute atomic E-state index is 11.6. The highest BCUT2D eigenvalue weighted by Gasteiger charge is 2.33. The van der Waals surface area contributed by atoms with E-state index in [0.29, 0.717) is 0 Å². The van der Waals surface area contributed by atoms with Crippen molar-refractivity contribution in [3.63, 3.8) is 0 Å². The summed E-state index contributed by atoms with van der Waals surface area (Å²) in [5.74, 6) is -0.789.